The van der Waals surface area contributed by atoms with Gasteiger partial charge in [0.2, 0.25) is 0 Å². The van der Waals surface area contributed by atoms with Gasteiger partial charge in [-0.2, -0.15) is 0 Å². The number of halogens is 2. The van der Waals surface area contributed by atoms with Crippen molar-refractivity contribution in [3.63, 3.8) is 0 Å². The fraction of sp³-hybridized carbons (Fsp3) is 0.500. The molecule has 4 heteroatoms. The van der Waals surface area contributed by atoms with Crippen LogP contribution in [-0.2, 0) is 4.74 Å². The largest absolute Gasteiger partial charge is 0.386 e. The first kappa shape index (κ1) is 12.2. The molecule has 0 spiro atoms. The number of ether oxygens (including phenoxy) is 1. The van der Waals surface area contributed by atoms with Crippen molar-refractivity contribution >= 4 is 23.2 Å². The van der Waals surface area contributed by atoms with E-state index in [0.717, 1.165) is 12.8 Å². The summed E-state index contributed by atoms with van der Waals surface area (Å²) in [6.45, 7) is 2.01. The summed E-state index contributed by atoms with van der Waals surface area (Å²) in [7, 11) is 0. The van der Waals surface area contributed by atoms with Gasteiger partial charge in [-0.05, 0) is 31.9 Å². The zero-order chi connectivity index (χ0) is 11.7. The maximum Gasteiger partial charge on any atom is 0.107 e. The lowest BCUT2D eigenvalue weighted by atomic mass is 10.0. The Morgan fingerprint density at radius 3 is 2.69 bits per heavy atom. The molecule has 0 aliphatic carbocycles. The van der Waals surface area contributed by atoms with Gasteiger partial charge in [0.05, 0.1) is 12.2 Å². The smallest absolute Gasteiger partial charge is 0.107 e. The van der Waals surface area contributed by atoms with E-state index in [1.54, 1.807) is 18.2 Å². The zero-order valence-corrected chi connectivity index (χ0v) is 10.5. The Labute approximate surface area is 105 Å². The summed E-state index contributed by atoms with van der Waals surface area (Å²) in [5.74, 6) is 0. The first-order chi connectivity index (χ1) is 7.58. The number of benzene rings is 1. The van der Waals surface area contributed by atoms with E-state index in [4.69, 9.17) is 27.9 Å². The average molecular weight is 261 g/mol. The Bertz CT molecular complexity index is 381. The molecule has 0 saturated carbocycles. The molecule has 0 aromatic heterocycles. The van der Waals surface area contributed by atoms with Gasteiger partial charge in [-0.15, -0.1) is 0 Å². The summed E-state index contributed by atoms with van der Waals surface area (Å²) in [6.07, 6.45) is 1.22. The monoisotopic (exact) mass is 260 g/mol. The first-order valence-electron chi connectivity index (χ1n) is 5.36. The standard InChI is InChI=1S/C12H14Cl2O2/c1-7-2-5-11(16-7)12(15)9-4-3-8(13)6-10(9)14/h3-4,6-7,11-12,15H,2,5H2,1H3. The molecule has 1 aromatic rings. The molecule has 2 nitrogen and oxygen atoms in total. The lowest BCUT2D eigenvalue weighted by Gasteiger charge is -2.19. The number of aliphatic hydroxyl groups is 1. The number of hydrogen-bond donors (Lipinski definition) is 1. The Morgan fingerprint density at radius 2 is 2.12 bits per heavy atom. The molecule has 1 fully saturated rings. The van der Waals surface area contributed by atoms with Crippen LogP contribution in [0, 0.1) is 0 Å². The summed E-state index contributed by atoms with van der Waals surface area (Å²) in [5, 5.41) is 11.2. The van der Waals surface area contributed by atoms with Gasteiger partial charge >= 0.3 is 0 Å². The predicted octanol–water partition coefficient (Wildman–Crippen LogP) is 3.59. The minimum absolute atomic E-state index is 0.159. The Balaban J connectivity index is 2.17. The lowest BCUT2D eigenvalue weighted by Crippen LogP contribution is -2.18. The van der Waals surface area contributed by atoms with Crippen LogP contribution in [0.2, 0.25) is 10.0 Å². The van der Waals surface area contributed by atoms with Crippen LogP contribution >= 0.6 is 23.2 Å². The number of hydrogen-bond acceptors (Lipinski definition) is 2. The normalized spacial score (nSPS) is 27.0. The van der Waals surface area contributed by atoms with Crippen LogP contribution in [0.5, 0.6) is 0 Å². The van der Waals surface area contributed by atoms with Crippen molar-refractivity contribution in [1.82, 2.24) is 0 Å². The molecule has 0 bridgehead atoms. The average Bonchev–Trinajstić information content (AvgIpc) is 2.64. The fourth-order valence-electron chi connectivity index (χ4n) is 2.01. The third kappa shape index (κ3) is 2.51. The van der Waals surface area contributed by atoms with Crippen LogP contribution < -0.4 is 0 Å². The van der Waals surface area contributed by atoms with E-state index in [1.165, 1.54) is 0 Å². The fourth-order valence-corrected chi connectivity index (χ4v) is 2.53. The third-order valence-electron chi connectivity index (χ3n) is 2.90. The van der Waals surface area contributed by atoms with E-state index < -0.39 is 6.10 Å². The van der Waals surface area contributed by atoms with Gasteiger partial charge in [0.1, 0.15) is 6.10 Å². The molecular weight excluding hydrogens is 247 g/mol. The van der Waals surface area contributed by atoms with E-state index in [0.29, 0.717) is 15.6 Å². The molecule has 1 N–H and O–H groups in total. The minimum atomic E-state index is -0.672. The van der Waals surface area contributed by atoms with Gasteiger partial charge in [-0.1, -0.05) is 29.3 Å². The Hall–Kier alpha value is -0.280. The first-order valence-corrected chi connectivity index (χ1v) is 6.12. The second-order valence-electron chi connectivity index (χ2n) is 4.17. The van der Waals surface area contributed by atoms with Crippen molar-refractivity contribution in [2.45, 2.75) is 38.1 Å². The van der Waals surface area contributed by atoms with Gasteiger partial charge < -0.3 is 9.84 Å². The highest BCUT2D eigenvalue weighted by Crippen LogP contribution is 2.34. The molecule has 1 saturated heterocycles. The van der Waals surface area contributed by atoms with E-state index >= 15 is 0 Å². The van der Waals surface area contributed by atoms with Gasteiger partial charge in [0, 0.05) is 15.6 Å². The Morgan fingerprint density at radius 1 is 1.38 bits per heavy atom. The number of aliphatic hydroxyl groups excluding tert-OH is 1. The van der Waals surface area contributed by atoms with E-state index in [9.17, 15) is 5.11 Å². The van der Waals surface area contributed by atoms with Gasteiger partial charge in [0.15, 0.2) is 0 Å². The molecule has 2 rings (SSSR count). The summed E-state index contributed by atoms with van der Waals surface area (Å²) in [5.41, 5.74) is 0.685. The zero-order valence-electron chi connectivity index (χ0n) is 8.99. The van der Waals surface area contributed by atoms with Crippen molar-refractivity contribution in [2.75, 3.05) is 0 Å². The molecular formula is C12H14Cl2O2. The van der Waals surface area contributed by atoms with Crippen LogP contribution in [-0.4, -0.2) is 17.3 Å². The third-order valence-corrected chi connectivity index (χ3v) is 3.46. The lowest BCUT2D eigenvalue weighted by molar-refractivity contribution is -0.0297. The van der Waals surface area contributed by atoms with Crippen LogP contribution in [0.25, 0.3) is 0 Å². The van der Waals surface area contributed by atoms with E-state index in [-0.39, 0.29) is 12.2 Å². The van der Waals surface area contributed by atoms with Gasteiger partial charge in [-0.3, -0.25) is 0 Å². The van der Waals surface area contributed by atoms with Crippen molar-refractivity contribution in [1.29, 1.82) is 0 Å². The molecule has 1 aromatic carbocycles. The van der Waals surface area contributed by atoms with E-state index in [2.05, 4.69) is 0 Å². The van der Waals surface area contributed by atoms with Crippen molar-refractivity contribution in [3.05, 3.63) is 33.8 Å². The molecule has 0 amide bonds. The highest BCUT2D eigenvalue weighted by atomic mass is 35.5. The summed E-state index contributed by atoms with van der Waals surface area (Å²) in [4.78, 5) is 0. The number of rotatable bonds is 2. The predicted molar refractivity (Wildman–Crippen MR) is 65.0 cm³/mol. The molecule has 0 radical (unpaired) electrons. The molecule has 1 heterocycles. The molecule has 1 aliphatic rings. The van der Waals surface area contributed by atoms with Crippen LogP contribution in [0.15, 0.2) is 18.2 Å². The van der Waals surface area contributed by atoms with Gasteiger partial charge in [-0.25, -0.2) is 0 Å². The molecule has 3 unspecified atom stereocenters. The molecule has 3 atom stereocenters. The van der Waals surface area contributed by atoms with E-state index in [1.807, 2.05) is 6.92 Å². The second kappa shape index (κ2) is 4.92. The summed E-state index contributed by atoms with van der Waals surface area (Å²) < 4.78 is 5.62. The topological polar surface area (TPSA) is 29.5 Å². The Kier molecular flexibility index (Phi) is 3.75. The van der Waals surface area contributed by atoms with Crippen molar-refractivity contribution in [2.24, 2.45) is 0 Å². The van der Waals surface area contributed by atoms with Crippen molar-refractivity contribution in [3.8, 4) is 0 Å². The SMILES string of the molecule is CC1CCC(C(O)c2ccc(Cl)cc2Cl)O1. The second-order valence-corrected chi connectivity index (χ2v) is 5.02. The maximum absolute atomic E-state index is 10.2. The minimum Gasteiger partial charge on any atom is -0.386 e. The maximum atomic E-state index is 10.2. The molecule has 16 heavy (non-hydrogen) atoms. The van der Waals surface area contributed by atoms with Gasteiger partial charge in [0.25, 0.3) is 0 Å². The molecule has 1 aliphatic heterocycles. The summed E-state index contributed by atoms with van der Waals surface area (Å²) >= 11 is 11.8. The van der Waals surface area contributed by atoms with Crippen LogP contribution in [0.1, 0.15) is 31.4 Å². The molecule has 88 valence electrons. The highest BCUT2D eigenvalue weighted by molar-refractivity contribution is 6.35. The quantitative estimate of drug-likeness (QED) is 0.881. The summed E-state index contributed by atoms with van der Waals surface area (Å²) in [6, 6.07) is 5.12. The van der Waals surface area contributed by atoms with Crippen molar-refractivity contribution < 1.29 is 9.84 Å². The highest BCUT2D eigenvalue weighted by Gasteiger charge is 2.30. The van der Waals surface area contributed by atoms with Crippen LogP contribution in [0.4, 0.5) is 0 Å². The van der Waals surface area contributed by atoms with Crippen LogP contribution in [0.3, 0.4) is 0 Å².